The van der Waals surface area contributed by atoms with Gasteiger partial charge in [0.05, 0.1) is 0 Å². The Morgan fingerprint density at radius 3 is 1.96 bits per heavy atom. The van der Waals surface area contributed by atoms with Crippen LogP contribution in [0.5, 0.6) is 0 Å². The molecule has 0 aliphatic heterocycles. The van der Waals surface area contributed by atoms with E-state index in [1.165, 1.54) is 22.3 Å². The molecule has 1 aliphatic rings. The van der Waals surface area contributed by atoms with E-state index in [1.54, 1.807) is 0 Å². The molecule has 8 aromatic rings. The minimum absolute atomic E-state index is 0.0701. The molecule has 3 nitrogen and oxygen atoms in total. The van der Waals surface area contributed by atoms with Crippen molar-refractivity contribution < 1.29 is 4.42 Å². The van der Waals surface area contributed by atoms with Crippen molar-refractivity contribution in [2.75, 3.05) is 4.90 Å². The molecule has 224 valence electrons. The van der Waals surface area contributed by atoms with Crippen LogP contribution in [-0.2, 0) is 5.41 Å². The minimum Gasteiger partial charge on any atom is -0.435 e. The van der Waals surface area contributed by atoms with E-state index < -0.39 is 0 Å². The van der Waals surface area contributed by atoms with Crippen molar-refractivity contribution in [2.45, 2.75) is 19.3 Å². The molecule has 0 fully saturated rings. The monoisotopic (exact) mass is 604 g/mol. The molecule has 0 unspecified atom stereocenters. The molecule has 0 radical (unpaired) electrons. The van der Waals surface area contributed by atoms with E-state index in [2.05, 4.69) is 146 Å². The van der Waals surface area contributed by atoms with E-state index in [0.717, 1.165) is 55.6 Å². The second-order valence-corrected chi connectivity index (χ2v) is 12.8. The van der Waals surface area contributed by atoms with Gasteiger partial charge in [-0.05, 0) is 93.4 Å². The number of fused-ring (bicyclic) bond motifs is 6. The molecule has 47 heavy (non-hydrogen) atoms. The number of oxazole rings is 1. The van der Waals surface area contributed by atoms with Crippen molar-refractivity contribution in [1.29, 1.82) is 0 Å². The third-order valence-corrected chi connectivity index (χ3v) is 9.71. The Labute approximate surface area is 274 Å². The molecule has 7 aromatic carbocycles. The molecule has 0 saturated heterocycles. The number of para-hydroxylation sites is 1. The van der Waals surface area contributed by atoms with Crippen molar-refractivity contribution in [3.8, 4) is 33.7 Å². The Morgan fingerprint density at radius 1 is 0.489 bits per heavy atom. The van der Waals surface area contributed by atoms with Gasteiger partial charge in [-0.15, -0.1) is 0 Å². The van der Waals surface area contributed by atoms with Crippen LogP contribution in [0.3, 0.4) is 0 Å². The Balaban J connectivity index is 1.12. The molecule has 0 atom stereocenters. The number of nitrogens with zero attached hydrogens (tertiary/aromatic N) is 2. The zero-order valence-corrected chi connectivity index (χ0v) is 26.3. The summed E-state index contributed by atoms with van der Waals surface area (Å²) < 4.78 is 6.36. The molecule has 0 bridgehead atoms. The number of anilines is 3. The van der Waals surface area contributed by atoms with Gasteiger partial charge in [0.2, 0.25) is 5.89 Å². The minimum atomic E-state index is -0.0701. The highest BCUT2D eigenvalue weighted by molar-refractivity contribution is 6.09. The van der Waals surface area contributed by atoms with Gasteiger partial charge in [0.25, 0.3) is 0 Å². The predicted molar refractivity (Wildman–Crippen MR) is 195 cm³/mol. The van der Waals surface area contributed by atoms with E-state index in [9.17, 15) is 0 Å². The van der Waals surface area contributed by atoms with E-state index in [4.69, 9.17) is 9.40 Å². The van der Waals surface area contributed by atoms with Crippen LogP contribution < -0.4 is 4.90 Å². The van der Waals surface area contributed by atoms with Gasteiger partial charge in [-0.2, -0.15) is 0 Å². The Hall–Kier alpha value is -5.93. The second-order valence-electron chi connectivity index (χ2n) is 12.8. The summed E-state index contributed by atoms with van der Waals surface area (Å²) in [6.07, 6.45) is 0. The van der Waals surface area contributed by atoms with Crippen LogP contribution in [0.1, 0.15) is 25.0 Å². The summed E-state index contributed by atoms with van der Waals surface area (Å²) in [6, 6.07) is 56.0. The first kappa shape index (κ1) is 27.4. The Morgan fingerprint density at radius 2 is 1.15 bits per heavy atom. The average molecular weight is 605 g/mol. The first-order valence-corrected chi connectivity index (χ1v) is 16.1. The highest BCUT2D eigenvalue weighted by Gasteiger charge is 2.35. The van der Waals surface area contributed by atoms with E-state index in [0.29, 0.717) is 5.89 Å². The standard InChI is InChI=1S/C44H32N2O/c1-44(2)39-19-10-9-16-36(39)37-25-24-33(28-40(37)44)46(31-14-7-4-8-15-31)32-22-20-29(21-23-32)34-17-11-18-38-35(34)26-27-41-42(38)47-43(45-41)30-12-5-3-6-13-30/h3-28H,1-2H3. The van der Waals surface area contributed by atoms with Gasteiger partial charge in [0.1, 0.15) is 5.52 Å². The third-order valence-electron chi connectivity index (χ3n) is 9.71. The summed E-state index contributed by atoms with van der Waals surface area (Å²) in [5.74, 6) is 0.641. The summed E-state index contributed by atoms with van der Waals surface area (Å²) in [7, 11) is 0. The van der Waals surface area contributed by atoms with Crippen LogP contribution in [-0.4, -0.2) is 4.98 Å². The fourth-order valence-electron chi connectivity index (χ4n) is 7.34. The lowest BCUT2D eigenvalue weighted by molar-refractivity contribution is 0.623. The molecular formula is C44H32N2O. The fourth-order valence-corrected chi connectivity index (χ4v) is 7.34. The van der Waals surface area contributed by atoms with E-state index >= 15 is 0 Å². The molecule has 1 aliphatic carbocycles. The van der Waals surface area contributed by atoms with Crippen LogP contribution >= 0.6 is 0 Å². The van der Waals surface area contributed by atoms with Gasteiger partial charge in [0, 0.05) is 33.4 Å². The molecule has 3 heteroatoms. The predicted octanol–water partition coefficient (Wildman–Crippen LogP) is 12.1. The zero-order chi connectivity index (χ0) is 31.5. The summed E-state index contributed by atoms with van der Waals surface area (Å²) in [5, 5.41) is 2.20. The summed E-state index contributed by atoms with van der Waals surface area (Å²) in [5.41, 5.74) is 13.7. The first-order valence-electron chi connectivity index (χ1n) is 16.1. The molecule has 0 N–H and O–H groups in total. The maximum absolute atomic E-state index is 6.36. The highest BCUT2D eigenvalue weighted by atomic mass is 16.3. The lowest BCUT2D eigenvalue weighted by atomic mass is 9.82. The second kappa shape index (κ2) is 10.6. The maximum atomic E-state index is 6.36. The van der Waals surface area contributed by atoms with E-state index in [1.807, 2.05) is 30.3 Å². The van der Waals surface area contributed by atoms with E-state index in [-0.39, 0.29) is 5.41 Å². The van der Waals surface area contributed by atoms with Crippen molar-refractivity contribution in [1.82, 2.24) is 4.98 Å². The first-order chi connectivity index (χ1) is 23.1. The third kappa shape index (κ3) is 4.39. The number of hydrogen-bond acceptors (Lipinski definition) is 3. The zero-order valence-electron chi connectivity index (χ0n) is 26.3. The Bertz CT molecular complexity index is 2420. The lowest BCUT2D eigenvalue weighted by Crippen LogP contribution is -2.16. The molecule has 1 aromatic heterocycles. The molecule has 0 amide bonds. The van der Waals surface area contributed by atoms with Crippen LogP contribution in [0.15, 0.2) is 162 Å². The van der Waals surface area contributed by atoms with Crippen LogP contribution in [0.2, 0.25) is 0 Å². The molecule has 9 rings (SSSR count). The average Bonchev–Trinajstić information content (AvgIpc) is 3.67. The molecule has 0 saturated carbocycles. The Kier molecular flexibility index (Phi) is 6.16. The molecular weight excluding hydrogens is 572 g/mol. The summed E-state index contributed by atoms with van der Waals surface area (Å²) >= 11 is 0. The van der Waals surface area contributed by atoms with Gasteiger partial charge in [-0.1, -0.05) is 117 Å². The van der Waals surface area contributed by atoms with Crippen LogP contribution in [0.4, 0.5) is 17.1 Å². The maximum Gasteiger partial charge on any atom is 0.227 e. The van der Waals surface area contributed by atoms with Crippen LogP contribution in [0, 0.1) is 0 Å². The smallest absolute Gasteiger partial charge is 0.227 e. The van der Waals surface area contributed by atoms with Crippen molar-refractivity contribution in [3.05, 3.63) is 169 Å². The van der Waals surface area contributed by atoms with Gasteiger partial charge < -0.3 is 9.32 Å². The van der Waals surface area contributed by atoms with Gasteiger partial charge in [0.15, 0.2) is 5.58 Å². The van der Waals surface area contributed by atoms with Gasteiger partial charge >= 0.3 is 0 Å². The quantitative estimate of drug-likeness (QED) is 0.196. The normalized spacial score (nSPS) is 13.1. The van der Waals surface area contributed by atoms with Crippen molar-refractivity contribution in [3.63, 3.8) is 0 Å². The highest BCUT2D eigenvalue weighted by Crippen LogP contribution is 2.50. The number of rotatable bonds is 5. The van der Waals surface area contributed by atoms with Crippen molar-refractivity contribution >= 4 is 38.9 Å². The largest absolute Gasteiger partial charge is 0.435 e. The number of benzene rings is 7. The van der Waals surface area contributed by atoms with Crippen molar-refractivity contribution in [2.24, 2.45) is 0 Å². The van der Waals surface area contributed by atoms with Gasteiger partial charge in [-0.25, -0.2) is 4.98 Å². The summed E-state index contributed by atoms with van der Waals surface area (Å²) in [4.78, 5) is 7.15. The number of aromatic nitrogens is 1. The van der Waals surface area contributed by atoms with Crippen LogP contribution in [0.25, 0.3) is 55.6 Å². The van der Waals surface area contributed by atoms with Gasteiger partial charge in [-0.3, -0.25) is 0 Å². The summed E-state index contributed by atoms with van der Waals surface area (Å²) in [6.45, 7) is 4.67. The molecule has 1 heterocycles. The molecule has 0 spiro atoms. The lowest BCUT2D eigenvalue weighted by Gasteiger charge is -2.28. The fraction of sp³-hybridized carbons (Fsp3) is 0.0682. The SMILES string of the molecule is CC1(C)c2ccccc2-c2ccc(N(c3ccccc3)c3ccc(-c4cccc5c4ccc4nc(-c6ccccc6)oc45)cc3)cc21. The number of hydrogen-bond donors (Lipinski definition) is 0. The topological polar surface area (TPSA) is 29.3 Å².